The minimum absolute atomic E-state index is 0.0806. The molecule has 0 aliphatic rings. The maximum Gasteiger partial charge on any atom is 0.139 e. The van der Waals surface area contributed by atoms with E-state index in [1.54, 1.807) is 6.20 Å². The average molecular weight is 185 g/mol. The molecule has 0 amide bonds. The van der Waals surface area contributed by atoms with Gasteiger partial charge in [0.05, 0.1) is 12.0 Å². The first kappa shape index (κ1) is 8.76. The van der Waals surface area contributed by atoms with Crippen LogP contribution in [0, 0.1) is 11.3 Å². The largest absolute Gasteiger partial charge is 0.335 e. The first-order chi connectivity index (χ1) is 6.74. The van der Waals surface area contributed by atoms with Gasteiger partial charge in [0.2, 0.25) is 0 Å². The zero-order chi connectivity index (χ0) is 10.1. The first-order valence-electron chi connectivity index (χ1n) is 4.53. The molecule has 2 heterocycles. The molecule has 1 atom stereocenters. The third-order valence-electron chi connectivity index (χ3n) is 2.42. The molecule has 0 aliphatic heterocycles. The van der Waals surface area contributed by atoms with Crippen LogP contribution in [0.3, 0.4) is 0 Å². The van der Waals surface area contributed by atoms with Gasteiger partial charge in [0.25, 0.3) is 0 Å². The Balaban J connectivity index is 2.74. The van der Waals surface area contributed by atoms with Gasteiger partial charge >= 0.3 is 0 Å². The number of fused-ring (bicyclic) bond motifs is 1. The fourth-order valence-corrected chi connectivity index (χ4v) is 1.66. The van der Waals surface area contributed by atoms with E-state index in [2.05, 4.69) is 11.1 Å². The topological polar surface area (TPSA) is 41.6 Å². The summed E-state index contributed by atoms with van der Waals surface area (Å²) >= 11 is 0. The van der Waals surface area contributed by atoms with Gasteiger partial charge in [-0.3, -0.25) is 0 Å². The van der Waals surface area contributed by atoms with Gasteiger partial charge in [0.15, 0.2) is 0 Å². The highest BCUT2D eigenvalue weighted by Crippen LogP contribution is 2.24. The molecule has 2 aromatic rings. The van der Waals surface area contributed by atoms with E-state index in [9.17, 15) is 0 Å². The molecule has 0 fully saturated rings. The fraction of sp³-hybridized carbons (Fsp3) is 0.273. The van der Waals surface area contributed by atoms with Crippen LogP contribution < -0.4 is 0 Å². The number of hydrogen-bond acceptors (Lipinski definition) is 2. The van der Waals surface area contributed by atoms with E-state index in [0.717, 1.165) is 16.6 Å². The second kappa shape index (κ2) is 3.15. The van der Waals surface area contributed by atoms with Crippen molar-refractivity contribution in [1.82, 2.24) is 9.55 Å². The molecule has 0 radical (unpaired) electrons. The van der Waals surface area contributed by atoms with Gasteiger partial charge in [-0.05, 0) is 24.6 Å². The van der Waals surface area contributed by atoms with Crippen LogP contribution in [-0.4, -0.2) is 9.55 Å². The summed E-state index contributed by atoms with van der Waals surface area (Å²) in [5, 5.41) is 9.95. The molecule has 0 N–H and O–H groups in total. The van der Waals surface area contributed by atoms with Crippen LogP contribution in [0.5, 0.6) is 0 Å². The minimum Gasteiger partial charge on any atom is -0.335 e. The highest BCUT2D eigenvalue weighted by atomic mass is 15.0. The zero-order valence-corrected chi connectivity index (χ0v) is 8.23. The summed E-state index contributed by atoms with van der Waals surface area (Å²) in [7, 11) is 1.95. The van der Waals surface area contributed by atoms with E-state index in [0.29, 0.717) is 0 Å². The SMILES string of the molecule is CC(C#N)c1cn(C)c2ncccc12. The van der Waals surface area contributed by atoms with Crippen molar-refractivity contribution < 1.29 is 0 Å². The van der Waals surface area contributed by atoms with Crippen molar-refractivity contribution in [2.24, 2.45) is 7.05 Å². The summed E-state index contributed by atoms with van der Waals surface area (Å²) < 4.78 is 1.96. The van der Waals surface area contributed by atoms with E-state index in [1.165, 1.54) is 0 Å². The standard InChI is InChI=1S/C11H11N3/c1-8(6-12)10-7-14(2)11-9(10)4-3-5-13-11/h3-5,7-8H,1-2H3. The average Bonchev–Trinajstić information content (AvgIpc) is 2.56. The number of aromatic nitrogens is 2. The number of hydrogen-bond donors (Lipinski definition) is 0. The molecule has 0 spiro atoms. The van der Waals surface area contributed by atoms with Crippen molar-refractivity contribution in [1.29, 1.82) is 5.26 Å². The van der Waals surface area contributed by atoms with Crippen molar-refractivity contribution >= 4 is 11.0 Å². The van der Waals surface area contributed by atoms with E-state index in [4.69, 9.17) is 5.26 Å². The number of nitrogens with zero attached hydrogens (tertiary/aromatic N) is 3. The van der Waals surface area contributed by atoms with Crippen molar-refractivity contribution in [2.75, 3.05) is 0 Å². The van der Waals surface area contributed by atoms with Crippen molar-refractivity contribution in [3.05, 3.63) is 30.1 Å². The molecule has 0 saturated carbocycles. The van der Waals surface area contributed by atoms with Gasteiger partial charge < -0.3 is 4.57 Å². The molecule has 2 aromatic heterocycles. The van der Waals surface area contributed by atoms with Crippen molar-refractivity contribution in [3.8, 4) is 6.07 Å². The van der Waals surface area contributed by atoms with Crippen molar-refractivity contribution in [3.63, 3.8) is 0 Å². The lowest BCUT2D eigenvalue weighted by molar-refractivity contribution is 0.918. The van der Waals surface area contributed by atoms with E-state index in [-0.39, 0.29) is 5.92 Å². The number of rotatable bonds is 1. The Bertz CT molecular complexity index is 505. The molecule has 1 unspecified atom stereocenters. The molecule has 0 aromatic carbocycles. The quantitative estimate of drug-likeness (QED) is 0.683. The molecular formula is C11H11N3. The second-order valence-corrected chi connectivity index (χ2v) is 3.42. The molecule has 3 heteroatoms. The lowest BCUT2D eigenvalue weighted by Gasteiger charge is -1.97. The molecule has 3 nitrogen and oxygen atoms in total. The lowest BCUT2D eigenvalue weighted by Crippen LogP contribution is -1.86. The van der Waals surface area contributed by atoms with Crippen LogP contribution >= 0.6 is 0 Å². The van der Waals surface area contributed by atoms with Crippen molar-refractivity contribution in [2.45, 2.75) is 12.8 Å². The Hall–Kier alpha value is -1.82. The van der Waals surface area contributed by atoms with Gasteiger partial charge in [-0.2, -0.15) is 5.26 Å². The van der Waals surface area contributed by atoms with Crippen LogP contribution in [0.4, 0.5) is 0 Å². The predicted octanol–water partition coefficient (Wildman–Crippen LogP) is 2.20. The second-order valence-electron chi connectivity index (χ2n) is 3.42. The van der Waals surface area contributed by atoms with E-state index in [1.807, 2.05) is 36.9 Å². The maximum absolute atomic E-state index is 8.88. The van der Waals surface area contributed by atoms with E-state index < -0.39 is 0 Å². The molecule has 0 aliphatic carbocycles. The van der Waals surface area contributed by atoms with E-state index >= 15 is 0 Å². The molecule has 14 heavy (non-hydrogen) atoms. The Kier molecular flexibility index (Phi) is 1.97. The summed E-state index contributed by atoms with van der Waals surface area (Å²) in [4.78, 5) is 4.27. The first-order valence-corrected chi connectivity index (χ1v) is 4.53. The normalized spacial score (nSPS) is 12.6. The summed E-state index contributed by atoms with van der Waals surface area (Å²) in [6, 6.07) is 6.15. The molecule has 2 rings (SSSR count). The fourth-order valence-electron chi connectivity index (χ4n) is 1.66. The maximum atomic E-state index is 8.88. The smallest absolute Gasteiger partial charge is 0.139 e. The number of aryl methyl sites for hydroxylation is 1. The highest BCUT2D eigenvalue weighted by molar-refractivity contribution is 5.81. The summed E-state index contributed by atoms with van der Waals surface area (Å²) in [5.41, 5.74) is 1.99. The van der Waals surface area contributed by atoms with Crippen LogP contribution in [-0.2, 0) is 7.05 Å². The zero-order valence-electron chi connectivity index (χ0n) is 8.23. The number of nitriles is 1. The summed E-state index contributed by atoms with van der Waals surface area (Å²) in [5.74, 6) is -0.0806. The Morgan fingerprint density at radius 3 is 3.07 bits per heavy atom. The molecular weight excluding hydrogens is 174 g/mol. The Morgan fingerprint density at radius 2 is 2.36 bits per heavy atom. The predicted molar refractivity (Wildman–Crippen MR) is 54.7 cm³/mol. The minimum atomic E-state index is -0.0806. The third kappa shape index (κ3) is 1.16. The highest BCUT2D eigenvalue weighted by Gasteiger charge is 2.12. The van der Waals surface area contributed by atoms with Gasteiger partial charge in [-0.1, -0.05) is 0 Å². The van der Waals surface area contributed by atoms with Crippen LogP contribution in [0.2, 0.25) is 0 Å². The van der Waals surface area contributed by atoms with Gasteiger partial charge in [0, 0.05) is 24.8 Å². The Morgan fingerprint density at radius 1 is 1.57 bits per heavy atom. The number of pyridine rings is 1. The van der Waals surface area contributed by atoms with Crippen LogP contribution in [0.25, 0.3) is 11.0 Å². The molecule has 70 valence electrons. The molecule has 0 saturated heterocycles. The van der Waals surface area contributed by atoms with Crippen LogP contribution in [0.1, 0.15) is 18.4 Å². The lowest BCUT2D eigenvalue weighted by atomic mass is 10.0. The van der Waals surface area contributed by atoms with Gasteiger partial charge in [-0.25, -0.2) is 4.98 Å². The Labute approximate surface area is 82.6 Å². The molecule has 0 bridgehead atoms. The van der Waals surface area contributed by atoms with Gasteiger partial charge in [-0.15, -0.1) is 0 Å². The van der Waals surface area contributed by atoms with Crippen LogP contribution in [0.15, 0.2) is 24.5 Å². The monoisotopic (exact) mass is 185 g/mol. The third-order valence-corrected chi connectivity index (χ3v) is 2.42. The summed E-state index contributed by atoms with van der Waals surface area (Å²) in [6.07, 6.45) is 3.74. The summed E-state index contributed by atoms with van der Waals surface area (Å²) in [6.45, 7) is 1.90. The van der Waals surface area contributed by atoms with Gasteiger partial charge in [0.1, 0.15) is 5.65 Å².